The third-order valence-electron chi connectivity index (χ3n) is 6.47. The molecule has 2 heterocycles. The van der Waals surface area contributed by atoms with Crippen molar-refractivity contribution >= 4 is 54.2 Å². The summed E-state index contributed by atoms with van der Waals surface area (Å²) in [5.41, 5.74) is 1.73. The molecule has 0 saturated carbocycles. The van der Waals surface area contributed by atoms with E-state index in [0.29, 0.717) is 44.8 Å². The molecule has 8 nitrogen and oxygen atoms in total. The largest absolute Gasteiger partial charge is 0.494 e. The fraction of sp³-hybridized carbons (Fsp3) is 0.345. The molecule has 11 heteroatoms. The van der Waals surface area contributed by atoms with E-state index in [0.717, 1.165) is 31.2 Å². The maximum Gasteiger partial charge on any atom is 0.260 e. The minimum Gasteiger partial charge on any atom is -0.494 e. The van der Waals surface area contributed by atoms with Gasteiger partial charge < -0.3 is 4.74 Å². The molecule has 0 spiro atoms. The molecule has 0 N–H and O–H groups in total. The van der Waals surface area contributed by atoms with Gasteiger partial charge in [0, 0.05) is 31.0 Å². The lowest BCUT2D eigenvalue weighted by atomic mass is 10.2. The van der Waals surface area contributed by atoms with Crippen molar-refractivity contribution in [1.82, 2.24) is 14.3 Å². The van der Waals surface area contributed by atoms with E-state index in [1.54, 1.807) is 59.0 Å². The second-order valence-corrected chi connectivity index (χ2v) is 12.6. The number of ether oxygens (including phenoxy) is 1. The molecule has 4 aromatic rings. The summed E-state index contributed by atoms with van der Waals surface area (Å²) >= 11 is 7.74. The number of methoxy groups -OCH3 is 1. The highest BCUT2D eigenvalue weighted by Crippen LogP contribution is 2.39. The zero-order chi connectivity index (χ0) is 28.7. The molecule has 2 aromatic heterocycles. The van der Waals surface area contributed by atoms with Crippen molar-refractivity contribution in [1.29, 1.82) is 0 Å². The Labute approximate surface area is 244 Å². The van der Waals surface area contributed by atoms with E-state index in [9.17, 15) is 13.2 Å². The summed E-state index contributed by atoms with van der Waals surface area (Å²) < 4.78 is 34.5. The zero-order valence-electron chi connectivity index (χ0n) is 22.8. The van der Waals surface area contributed by atoms with Gasteiger partial charge in [-0.3, -0.25) is 14.7 Å². The highest BCUT2D eigenvalue weighted by atomic mass is 35.5. The average Bonchev–Trinajstić information content (AvgIpc) is 3.42. The van der Waals surface area contributed by atoms with Gasteiger partial charge in [-0.2, -0.15) is 4.31 Å². The van der Waals surface area contributed by atoms with E-state index in [2.05, 4.69) is 4.98 Å². The van der Waals surface area contributed by atoms with Crippen LogP contribution in [0.25, 0.3) is 10.2 Å². The lowest BCUT2D eigenvalue weighted by Crippen LogP contribution is -2.33. The van der Waals surface area contributed by atoms with Gasteiger partial charge >= 0.3 is 0 Å². The number of amides is 1. The lowest BCUT2D eigenvalue weighted by molar-refractivity contribution is 0.0985. The number of anilines is 1. The topological polar surface area (TPSA) is 92.7 Å². The first kappa shape index (κ1) is 29.9. The molecule has 0 aliphatic heterocycles. The smallest absolute Gasteiger partial charge is 0.260 e. The van der Waals surface area contributed by atoms with E-state index in [4.69, 9.17) is 21.3 Å². The van der Waals surface area contributed by atoms with E-state index >= 15 is 0 Å². The van der Waals surface area contributed by atoms with Crippen LogP contribution < -0.4 is 9.64 Å². The number of pyridine rings is 1. The van der Waals surface area contributed by atoms with Gasteiger partial charge in [0.1, 0.15) is 11.3 Å². The number of hydrogen-bond acceptors (Lipinski definition) is 7. The number of rotatable bonds is 13. The van der Waals surface area contributed by atoms with E-state index < -0.39 is 10.0 Å². The number of carbonyl (C=O) groups is 1. The summed E-state index contributed by atoms with van der Waals surface area (Å²) in [7, 11) is -2.12. The summed E-state index contributed by atoms with van der Waals surface area (Å²) in [5, 5.41) is 0.954. The normalized spacial score (nSPS) is 11.7. The van der Waals surface area contributed by atoms with Crippen LogP contribution >= 0.6 is 22.9 Å². The first-order valence-corrected chi connectivity index (χ1v) is 15.9. The average molecular weight is 601 g/mol. The van der Waals surface area contributed by atoms with E-state index in [-0.39, 0.29) is 17.3 Å². The zero-order valence-corrected chi connectivity index (χ0v) is 25.2. The molecule has 0 fully saturated rings. The first-order valence-electron chi connectivity index (χ1n) is 13.2. The van der Waals surface area contributed by atoms with Crippen molar-refractivity contribution in [3.05, 3.63) is 77.1 Å². The second-order valence-electron chi connectivity index (χ2n) is 9.31. The molecule has 0 radical (unpaired) electrons. The number of thiazole rings is 1. The quantitative estimate of drug-likeness (QED) is 0.168. The molecule has 0 unspecified atom stereocenters. The Balaban J connectivity index is 1.69. The fourth-order valence-corrected chi connectivity index (χ4v) is 6.99. The first-order chi connectivity index (χ1) is 19.3. The van der Waals surface area contributed by atoms with Crippen LogP contribution in [-0.4, -0.2) is 48.8 Å². The molecule has 212 valence electrons. The van der Waals surface area contributed by atoms with Crippen LogP contribution in [0.3, 0.4) is 0 Å². The van der Waals surface area contributed by atoms with Gasteiger partial charge in [0.2, 0.25) is 10.0 Å². The Morgan fingerprint density at radius 1 is 1.02 bits per heavy atom. The molecular formula is C29H33ClN4O4S2. The number of hydrogen-bond donors (Lipinski definition) is 0. The van der Waals surface area contributed by atoms with Crippen molar-refractivity contribution in [3.8, 4) is 5.75 Å². The molecule has 0 atom stereocenters. The molecule has 0 aliphatic carbocycles. The van der Waals surface area contributed by atoms with Crippen LogP contribution in [0.5, 0.6) is 5.75 Å². The number of unbranched alkanes of at least 4 members (excludes halogenated alkanes) is 2. The minimum absolute atomic E-state index is 0.173. The summed E-state index contributed by atoms with van der Waals surface area (Å²) in [6.45, 7) is 5.24. The molecule has 4 rings (SSSR count). The molecule has 0 saturated heterocycles. The molecule has 1 amide bonds. The van der Waals surface area contributed by atoms with E-state index in [1.807, 2.05) is 19.9 Å². The fourth-order valence-electron chi connectivity index (χ4n) is 4.22. The molecular weight excluding hydrogens is 568 g/mol. The predicted octanol–water partition coefficient (Wildman–Crippen LogP) is 6.79. The van der Waals surface area contributed by atoms with Gasteiger partial charge in [0.05, 0.1) is 28.3 Å². The minimum atomic E-state index is -3.68. The van der Waals surface area contributed by atoms with Crippen molar-refractivity contribution in [2.75, 3.05) is 25.1 Å². The van der Waals surface area contributed by atoms with Gasteiger partial charge in [-0.25, -0.2) is 13.4 Å². The highest BCUT2D eigenvalue weighted by molar-refractivity contribution is 7.89. The Kier molecular flexibility index (Phi) is 10.1. The summed E-state index contributed by atoms with van der Waals surface area (Å²) in [6, 6.07) is 13.3. The van der Waals surface area contributed by atoms with Gasteiger partial charge in [-0.05, 0) is 60.9 Å². The molecule has 0 aliphatic rings. The molecule has 40 heavy (non-hydrogen) atoms. The van der Waals surface area contributed by atoms with Crippen LogP contribution in [0.2, 0.25) is 5.02 Å². The number of sulfonamides is 1. The number of carbonyl (C=O) groups excluding carboxylic acids is 1. The maximum atomic E-state index is 13.9. The van der Waals surface area contributed by atoms with Crippen LogP contribution in [0, 0.1) is 0 Å². The third-order valence-corrected chi connectivity index (χ3v) is 9.92. The molecule has 2 aromatic carbocycles. The standard InChI is InChI=1S/C29H33ClN4O4S2/c1-4-6-17-33(18-7-5-2)40(36,37)23-12-10-22(11-13-23)28(35)34(20-21-9-8-16-31-19-21)29-32-26-25(38-3)15-14-24(30)27(26)39-29/h8-16,19H,4-7,17-18,20H2,1-3H3. The number of fused-ring (bicyclic) bond motifs is 1. The Hall–Kier alpha value is -3.05. The van der Waals surface area contributed by atoms with Crippen LogP contribution in [0.4, 0.5) is 5.13 Å². The summed E-state index contributed by atoms with van der Waals surface area (Å²) in [6.07, 6.45) is 6.75. The van der Waals surface area contributed by atoms with Gasteiger partial charge in [0.25, 0.3) is 5.91 Å². The van der Waals surface area contributed by atoms with Gasteiger partial charge in [0.15, 0.2) is 5.13 Å². The van der Waals surface area contributed by atoms with Crippen molar-refractivity contribution < 1.29 is 17.9 Å². The number of halogens is 1. The molecule has 0 bridgehead atoms. The Morgan fingerprint density at radius 2 is 1.73 bits per heavy atom. The van der Waals surface area contributed by atoms with Crippen molar-refractivity contribution in [2.45, 2.75) is 51.0 Å². The van der Waals surface area contributed by atoms with Gasteiger partial charge in [-0.1, -0.05) is 55.7 Å². The third kappa shape index (κ3) is 6.63. The Bertz CT molecular complexity index is 1540. The van der Waals surface area contributed by atoms with Crippen molar-refractivity contribution in [3.63, 3.8) is 0 Å². The summed E-state index contributed by atoms with van der Waals surface area (Å²) in [5.74, 6) is 0.233. The van der Waals surface area contributed by atoms with Crippen molar-refractivity contribution in [2.24, 2.45) is 0 Å². The number of aromatic nitrogens is 2. The monoisotopic (exact) mass is 600 g/mol. The lowest BCUT2D eigenvalue weighted by Gasteiger charge is -2.22. The highest BCUT2D eigenvalue weighted by Gasteiger charge is 2.26. The Morgan fingerprint density at radius 3 is 2.33 bits per heavy atom. The van der Waals surface area contributed by atoms with E-state index in [1.165, 1.54) is 23.5 Å². The maximum absolute atomic E-state index is 13.9. The van der Waals surface area contributed by atoms with Crippen LogP contribution in [-0.2, 0) is 16.6 Å². The number of nitrogens with zero attached hydrogens (tertiary/aromatic N) is 4. The SMILES string of the molecule is CCCCN(CCCC)S(=O)(=O)c1ccc(C(=O)N(Cc2cccnc2)c2nc3c(OC)ccc(Cl)c3s2)cc1. The van der Waals surface area contributed by atoms with Crippen LogP contribution in [0.1, 0.15) is 55.5 Å². The second kappa shape index (κ2) is 13.5. The predicted molar refractivity (Wildman–Crippen MR) is 161 cm³/mol. The van der Waals surface area contributed by atoms with Gasteiger partial charge in [-0.15, -0.1) is 0 Å². The summed E-state index contributed by atoms with van der Waals surface area (Å²) in [4.78, 5) is 24.5. The van der Waals surface area contributed by atoms with Crippen LogP contribution in [0.15, 0.2) is 65.8 Å². The number of benzene rings is 2.